The van der Waals surface area contributed by atoms with Crippen molar-refractivity contribution in [2.45, 2.75) is 20.3 Å². The fourth-order valence-corrected chi connectivity index (χ4v) is 1.82. The second-order valence-electron chi connectivity index (χ2n) is 3.73. The van der Waals surface area contributed by atoms with Gasteiger partial charge in [-0.05, 0) is 13.8 Å². The van der Waals surface area contributed by atoms with Crippen molar-refractivity contribution in [2.75, 3.05) is 13.0 Å². The lowest BCUT2D eigenvalue weighted by Gasteiger charge is -2.13. The zero-order valence-electron chi connectivity index (χ0n) is 9.75. The number of aromatic nitrogens is 1. The van der Waals surface area contributed by atoms with Crippen LogP contribution in [0.25, 0.3) is 0 Å². The van der Waals surface area contributed by atoms with Gasteiger partial charge in [0.05, 0.1) is 19.1 Å². The van der Waals surface area contributed by atoms with Gasteiger partial charge in [-0.15, -0.1) is 11.6 Å². The minimum atomic E-state index is -0.194. The highest BCUT2D eigenvalue weighted by molar-refractivity contribution is 6.18. The van der Waals surface area contributed by atoms with Gasteiger partial charge in [0.1, 0.15) is 5.75 Å². The maximum Gasteiger partial charge on any atom is 0.128 e. The van der Waals surface area contributed by atoms with E-state index in [1.165, 1.54) is 0 Å². The number of pyridine rings is 1. The van der Waals surface area contributed by atoms with Gasteiger partial charge < -0.3 is 4.74 Å². The molecular formula is C12H15ClN2O. The number of alkyl halides is 1. The molecule has 1 unspecified atom stereocenters. The molecule has 1 heterocycles. The first-order chi connectivity index (χ1) is 7.63. The molecule has 0 fully saturated rings. The van der Waals surface area contributed by atoms with E-state index in [1.54, 1.807) is 13.3 Å². The van der Waals surface area contributed by atoms with Crippen LogP contribution in [-0.2, 0) is 6.42 Å². The summed E-state index contributed by atoms with van der Waals surface area (Å²) >= 11 is 5.69. The van der Waals surface area contributed by atoms with Crippen LogP contribution in [0.5, 0.6) is 5.75 Å². The molecule has 0 saturated heterocycles. The Morgan fingerprint density at radius 2 is 2.25 bits per heavy atom. The van der Waals surface area contributed by atoms with Crippen LogP contribution in [0.3, 0.4) is 0 Å². The van der Waals surface area contributed by atoms with Crippen molar-refractivity contribution in [1.82, 2.24) is 4.98 Å². The number of aryl methyl sites for hydroxylation is 1. The van der Waals surface area contributed by atoms with Crippen LogP contribution in [0.2, 0.25) is 0 Å². The Balaban J connectivity index is 3.03. The monoisotopic (exact) mass is 238 g/mol. The number of nitriles is 1. The van der Waals surface area contributed by atoms with Gasteiger partial charge in [0.2, 0.25) is 0 Å². The summed E-state index contributed by atoms with van der Waals surface area (Å²) in [5.74, 6) is 0.977. The number of halogens is 1. The van der Waals surface area contributed by atoms with Crippen LogP contribution in [0.15, 0.2) is 6.20 Å². The van der Waals surface area contributed by atoms with Crippen LogP contribution < -0.4 is 4.74 Å². The summed E-state index contributed by atoms with van der Waals surface area (Å²) in [4.78, 5) is 4.33. The molecule has 0 aliphatic heterocycles. The summed E-state index contributed by atoms with van der Waals surface area (Å²) in [6, 6.07) is 2.17. The number of hydrogen-bond acceptors (Lipinski definition) is 3. The molecule has 0 radical (unpaired) electrons. The molecule has 0 aliphatic carbocycles. The largest absolute Gasteiger partial charge is 0.496 e. The molecule has 3 nitrogen and oxygen atoms in total. The summed E-state index contributed by atoms with van der Waals surface area (Å²) in [6.45, 7) is 3.91. The Morgan fingerprint density at radius 1 is 1.56 bits per heavy atom. The summed E-state index contributed by atoms with van der Waals surface area (Å²) in [5, 5.41) is 8.87. The van der Waals surface area contributed by atoms with Gasteiger partial charge in [-0.1, -0.05) is 0 Å². The van der Waals surface area contributed by atoms with E-state index in [0.29, 0.717) is 12.3 Å². The van der Waals surface area contributed by atoms with Crippen LogP contribution in [0, 0.1) is 31.1 Å². The molecule has 1 atom stereocenters. The van der Waals surface area contributed by atoms with Crippen molar-refractivity contribution in [3.63, 3.8) is 0 Å². The molecular weight excluding hydrogens is 224 g/mol. The van der Waals surface area contributed by atoms with Crippen molar-refractivity contribution >= 4 is 11.6 Å². The maximum absolute atomic E-state index is 8.87. The third kappa shape index (κ3) is 2.65. The third-order valence-corrected chi connectivity index (χ3v) is 2.93. The quantitative estimate of drug-likeness (QED) is 0.758. The zero-order chi connectivity index (χ0) is 12.1. The number of rotatable bonds is 4. The maximum atomic E-state index is 8.87. The average Bonchev–Trinajstić information content (AvgIpc) is 2.29. The second kappa shape index (κ2) is 5.72. The van der Waals surface area contributed by atoms with E-state index < -0.39 is 0 Å². The van der Waals surface area contributed by atoms with E-state index in [1.807, 2.05) is 13.8 Å². The van der Waals surface area contributed by atoms with E-state index in [0.717, 1.165) is 22.6 Å². The smallest absolute Gasteiger partial charge is 0.128 e. The molecule has 1 rings (SSSR count). The lowest BCUT2D eigenvalue weighted by atomic mass is 10.0. The topological polar surface area (TPSA) is 45.9 Å². The standard InChI is InChI=1S/C12H15ClN2O/c1-8-7-15-11(4-10(5-13)6-14)9(2)12(8)16-3/h7,10H,4-5H2,1-3H3. The zero-order valence-corrected chi connectivity index (χ0v) is 10.5. The predicted molar refractivity (Wildman–Crippen MR) is 63.8 cm³/mol. The first-order valence-corrected chi connectivity index (χ1v) is 5.62. The molecule has 0 spiro atoms. The molecule has 0 aliphatic rings. The van der Waals surface area contributed by atoms with Gasteiger partial charge in [0, 0.05) is 35.3 Å². The van der Waals surface area contributed by atoms with Crippen molar-refractivity contribution in [2.24, 2.45) is 5.92 Å². The summed E-state index contributed by atoms with van der Waals surface area (Å²) < 4.78 is 5.31. The SMILES string of the molecule is COc1c(C)cnc(CC(C#N)CCl)c1C. The Labute approximate surface area is 101 Å². The fraction of sp³-hybridized carbons (Fsp3) is 0.500. The molecule has 4 heteroatoms. The lowest BCUT2D eigenvalue weighted by molar-refractivity contribution is 0.406. The van der Waals surface area contributed by atoms with Gasteiger partial charge in [-0.25, -0.2) is 0 Å². The van der Waals surface area contributed by atoms with Crippen molar-refractivity contribution in [3.8, 4) is 11.8 Å². The second-order valence-corrected chi connectivity index (χ2v) is 4.04. The number of nitrogens with zero attached hydrogens (tertiary/aromatic N) is 2. The first-order valence-electron chi connectivity index (χ1n) is 5.08. The molecule has 1 aromatic rings. The van der Waals surface area contributed by atoms with Gasteiger partial charge in [0.25, 0.3) is 0 Å². The van der Waals surface area contributed by atoms with Crippen LogP contribution in [0.1, 0.15) is 16.8 Å². The van der Waals surface area contributed by atoms with Crippen LogP contribution in [-0.4, -0.2) is 18.0 Å². The van der Waals surface area contributed by atoms with Gasteiger partial charge in [-0.2, -0.15) is 5.26 Å². The van der Waals surface area contributed by atoms with Gasteiger partial charge in [-0.3, -0.25) is 4.98 Å². The molecule has 0 N–H and O–H groups in total. The highest BCUT2D eigenvalue weighted by Crippen LogP contribution is 2.25. The molecule has 86 valence electrons. The van der Waals surface area contributed by atoms with E-state index in [4.69, 9.17) is 21.6 Å². The normalized spacial score (nSPS) is 11.9. The van der Waals surface area contributed by atoms with E-state index in [2.05, 4.69) is 11.1 Å². The Bertz CT molecular complexity index is 412. The summed E-state index contributed by atoms with van der Waals surface area (Å²) in [5.41, 5.74) is 2.88. The average molecular weight is 239 g/mol. The Hall–Kier alpha value is -1.27. The molecule has 0 bridgehead atoms. The predicted octanol–water partition coefficient (Wildman–Crippen LogP) is 2.63. The van der Waals surface area contributed by atoms with Gasteiger partial charge >= 0.3 is 0 Å². The molecule has 0 saturated carbocycles. The number of hydrogen-bond donors (Lipinski definition) is 0. The van der Waals surface area contributed by atoms with Crippen molar-refractivity contribution in [1.29, 1.82) is 5.26 Å². The Kier molecular flexibility index (Phi) is 4.57. The molecule has 0 aromatic carbocycles. The minimum absolute atomic E-state index is 0.194. The highest BCUT2D eigenvalue weighted by Gasteiger charge is 2.14. The van der Waals surface area contributed by atoms with Crippen molar-refractivity contribution < 1.29 is 4.74 Å². The van der Waals surface area contributed by atoms with Crippen LogP contribution >= 0.6 is 11.6 Å². The summed E-state index contributed by atoms with van der Waals surface area (Å²) in [7, 11) is 1.64. The van der Waals surface area contributed by atoms with E-state index in [-0.39, 0.29) is 5.92 Å². The number of methoxy groups -OCH3 is 1. The van der Waals surface area contributed by atoms with Crippen LogP contribution in [0.4, 0.5) is 0 Å². The number of ether oxygens (including phenoxy) is 1. The Morgan fingerprint density at radius 3 is 2.75 bits per heavy atom. The molecule has 1 aromatic heterocycles. The molecule has 16 heavy (non-hydrogen) atoms. The first kappa shape index (κ1) is 12.8. The fourth-order valence-electron chi connectivity index (χ4n) is 1.64. The van der Waals surface area contributed by atoms with E-state index in [9.17, 15) is 0 Å². The van der Waals surface area contributed by atoms with E-state index >= 15 is 0 Å². The van der Waals surface area contributed by atoms with Crippen molar-refractivity contribution in [3.05, 3.63) is 23.0 Å². The summed E-state index contributed by atoms with van der Waals surface area (Å²) in [6.07, 6.45) is 2.34. The minimum Gasteiger partial charge on any atom is -0.496 e. The van der Waals surface area contributed by atoms with Gasteiger partial charge in [0.15, 0.2) is 0 Å². The highest BCUT2D eigenvalue weighted by atomic mass is 35.5. The lowest BCUT2D eigenvalue weighted by Crippen LogP contribution is -2.08. The third-order valence-electron chi connectivity index (χ3n) is 2.56. The molecule has 0 amide bonds.